The van der Waals surface area contributed by atoms with Crippen molar-refractivity contribution in [2.75, 3.05) is 0 Å². The fourth-order valence-corrected chi connectivity index (χ4v) is 21.0. The van der Waals surface area contributed by atoms with Gasteiger partial charge in [-0.3, -0.25) is 9.59 Å². The number of carbonyl (C=O) groups excluding carboxylic acids is 2. The van der Waals surface area contributed by atoms with Crippen LogP contribution in [-0.4, -0.2) is 11.6 Å². The van der Waals surface area contributed by atoms with Gasteiger partial charge >= 0.3 is 0 Å². The SMILES string of the molecule is Cc1ccc(C2(c3ccc(C)cc3)c3cc4cc(C/C=C5\C(=O)c6ccccc6C5=C(C#N)C#N)sc4cc3-c3sc4c5c(sc4c32)-c2cc3cc(CCCC4(C)C(=O)c6ccccc6C4=C(C#N)C#N)sc3cc2C5(c2ccc(C)cc2)c2ccc(C)cc2)cc1. The summed E-state index contributed by atoms with van der Waals surface area (Å²) in [6.07, 6.45) is 4.29. The van der Waals surface area contributed by atoms with Crippen LogP contribution in [0.25, 0.3) is 61.6 Å². The first-order valence-electron chi connectivity index (χ1n) is 30.8. The van der Waals surface area contributed by atoms with Gasteiger partial charge in [0.25, 0.3) is 0 Å². The van der Waals surface area contributed by atoms with Crippen LogP contribution < -0.4 is 0 Å². The first-order valence-corrected chi connectivity index (χ1v) is 34.1. The molecule has 4 aliphatic carbocycles. The Morgan fingerprint density at radius 3 is 1.45 bits per heavy atom. The molecule has 1 unspecified atom stereocenters. The van der Waals surface area contributed by atoms with Gasteiger partial charge in [-0.1, -0.05) is 174 Å². The Labute approximate surface area is 549 Å². The minimum absolute atomic E-state index is 0.00149. The lowest BCUT2D eigenvalue weighted by Gasteiger charge is -2.34. The van der Waals surface area contributed by atoms with Gasteiger partial charge in [0.15, 0.2) is 11.6 Å². The quantitative estimate of drug-likeness (QED) is 0.0990. The van der Waals surface area contributed by atoms with Crippen molar-refractivity contribution in [2.24, 2.45) is 5.41 Å². The van der Waals surface area contributed by atoms with E-state index in [1.54, 1.807) is 17.4 Å². The summed E-state index contributed by atoms with van der Waals surface area (Å²) >= 11 is 7.40. The molecule has 0 amide bonds. The van der Waals surface area contributed by atoms with Crippen molar-refractivity contribution >= 4 is 97.6 Å². The molecule has 16 rings (SSSR count). The van der Waals surface area contributed by atoms with Gasteiger partial charge in [-0.15, -0.1) is 45.3 Å². The topological polar surface area (TPSA) is 129 Å². The van der Waals surface area contributed by atoms with E-state index in [1.165, 1.54) is 112 Å². The van der Waals surface area contributed by atoms with Crippen LogP contribution in [0.3, 0.4) is 0 Å². The highest BCUT2D eigenvalue weighted by Crippen LogP contribution is 2.69. The van der Waals surface area contributed by atoms with E-state index in [0.717, 1.165) is 21.4 Å². The maximum absolute atomic E-state index is 14.3. The highest BCUT2D eigenvalue weighted by Gasteiger charge is 2.54. The maximum Gasteiger partial charge on any atom is 0.194 e. The summed E-state index contributed by atoms with van der Waals surface area (Å²) in [7, 11) is 0. The lowest BCUT2D eigenvalue weighted by molar-refractivity contribution is 0.0880. The second kappa shape index (κ2) is 21.2. The standard InChI is InChI=1S/C82H54N4O2S4/c1-45-16-24-53(25-17-45)81(54-26-18-46(2)19-27-54)66-38-50-36-58(32-33-63-70(51(41-83)42-84)59-12-6-8-14-61(59)74(63)87)90-68(50)39-65(66)76-73(81)78-77(92-76)72-75(91-78)64-37-49-35-57(11-10-34-80(5)71(52(43-85)44-86)60-13-7-9-15-62(60)79(80)88)89-69(49)40-67(64)82(72,55-28-20-47(3)21-29-55)56-30-22-48(4)23-31-56/h6-9,12-31,33,35-40H,10-11,32,34H2,1-5H3/b63-33-. The largest absolute Gasteiger partial charge is 0.293 e. The molecule has 1 atom stereocenters. The van der Waals surface area contributed by atoms with Gasteiger partial charge < -0.3 is 0 Å². The number of benzene rings is 8. The van der Waals surface area contributed by atoms with E-state index in [0.29, 0.717) is 58.2 Å². The lowest BCUT2D eigenvalue weighted by atomic mass is 9.66. The minimum Gasteiger partial charge on any atom is -0.293 e. The monoisotopic (exact) mass is 1250 g/mol. The summed E-state index contributed by atoms with van der Waals surface area (Å²) in [5, 5.41) is 42.8. The summed E-state index contributed by atoms with van der Waals surface area (Å²) in [4.78, 5) is 33.1. The maximum atomic E-state index is 14.3. The Hall–Kier alpha value is -10.1. The number of nitrogens with zero attached hydrogens (tertiary/aromatic N) is 4. The minimum atomic E-state index is -0.996. The summed E-state index contributed by atoms with van der Waals surface area (Å²) in [6, 6.07) is 74.2. The average Bonchev–Trinajstić information content (AvgIpc) is 1.49. The van der Waals surface area contributed by atoms with Crippen molar-refractivity contribution in [2.45, 2.75) is 71.1 Å². The molecule has 10 heteroatoms. The molecule has 0 spiro atoms. The molecule has 4 aliphatic rings. The fraction of sp³-hybridized carbons (Fsp3) is 0.146. The molecule has 92 heavy (non-hydrogen) atoms. The van der Waals surface area contributed by atoms with Crippen molar-refractivity contribution in [3.63, 3.8) is 0 Å². The Morgan fingerprint density at radius 1 is 0.467 bits per heavy atom. The first-order chi connectivity index (χ1) is 44.7. The molecule has 0 saturated heterocycles. The molecule has 6 nitrogen and oxygen atoms in total. The van der Waals surface area contributed by atoms with Crippen molar-refractivity contribution in [1.29, 1.82) is 21.0 Å². The third-order valence-electron chi connectivity index (χ3n) is 19.9. The average molecular weight is 1260 g/mol. The molecule has 0 N–H and O–H groups in total. The van der Waals surface area contributed by atoms with E-state index in [4.69, 9.17) is 0 Å². The predicted octanol–water partition coefficient (Wildman–Crippen LogP) is 20.5. The molecule has 4 heterocycles. The molecule has 0 bridgehead atoms. The number of Topliss-reactive ketones (excluding diaryl/α,β-unsaturated/α-hetero) is 2. The van der Waals surface area contributed by atoms with Crippen LogP contribution in [0.5, 0.6) is 0 Å². The van der Waals surface area contributed by atoms with Gasteiger partial charge in [0.1, 0.15) is 35.4 Å². The highest BCUT2D eigenvalue weighted by atomic mass is 32.1. The van der Waals surface area contributed by atoms with E-state index in [2.05, 4.69) is 185 Å². The number of hydrogen-bond acceptors (Lipinski definition) is 10. The van der Waals surface area contributed by atoms with E-state index in [1.807, 2.05) is 89.5 Å². The van der Waals surface area contributed by atoms with Crippen LogP contribution in [0.1, 0.15) is 128 Å². The van der Waals surface area contributed by atoms with Gasteiger partial charge in [-0.05, 0) is 157 Å². The molecular formula is C82H54N4O2S4. The van der Waals surface area contributed by atoms with Gasteiger partial charge in [0, 0.05) is 74.3 Å². The van der Waals surface area contributed by atoms with Crippen molar-refractivity contribution in [1.82, 2.24) is 0 Å². The molecule has 0 aliphatic heterocycles. The summed E-state index contributed by atoms with van der Waals surface area (Å²) < 4.78 is 4.90. The summed E-state index contributed by atoms with van der Waals surface area (Å²) in [6.45, 7) is 10.5. The Balaban J connectivity index is 0.893. The molecular weight excluding hydrogens is 1200 g/mol. The Morgan fingerprint density at radius 2 is 0.913 bits per heavy atom. The lowest BCUT2D eigenvalue weighted by Crippen LogP contribution is -2.29. The number of thiophene rings is 4. The number of carbonyl (C=O) groups is 2. The highest BCUT2D eigenvalue weighted by molar-refractivity contribution is 7.32. The molecule has 438 valence electrons. The Kier molecular flexibility index (Phi) is 13.2. The number of ketones is 2. The second-order valence-electron chi connectivity index (χ2n) is 25.2. The van der Waals surface area contributed by atoms with E-state index >= 15 is 0 Å². The molecule has 8 aromatic carbocycles. The van der Waals surface area contributed by atoms with Crippen molar-refractivity contribution in [3.05, 3.63) is 304 Å². The third kappa shape index (κ3) is 8.08. The van der Waals surface area contributed by atoms with E-state index in [9.17, 15) is 30.6 Å². The molecule has 0 radical (unpaired) electrons. The number of fused-ring (bicyclic) bond motifs is 13. The van der Waals surface area contributed by atoms with E-state index < -0.39 is 16.2 Å². The summed E-state index contributed by atoms with van der Waals surface area (Å²) in [5.74, 6) is -0.207. The predicted molar refractivity (Wildman–Crippen MR) is 375 cm³/mol. The Bertz CT molecular complexity index is 5410. The number of nitriles is 4. The molecule has 0 fully saturated rings. The normalized spacial score (nSPS) is 16.5. The van der Waals surface area contributed by atoms with Crippen LogP contribution in [-0.2, 0) is 23.7 Å². The number of aryl methyl sites for hydroxylation is 5. The zero-order valence-electron chi connectivity index (χ0n) is 51.0. The van der Waals surface area contributed by atoms with Gasteiger partial charge in [-0.2, -0.15) is 21.0 Å². The number of allylic oxidation sites excluding steroid dienone is 6. The van der Waals surface area contributed by atoms with Crippen molar-refractivity contribution < 1.29 is 9.59 Å². The smallest absolute Gasteiger partial charge is 0.194 e. The third-order valence-corrected chi connectivity index (χ3v) is 24.8. The molecule has 12 aromatic rings. The van der Waals surface area contributed by atoms with Gasteiger partial charge in [-0.25, -0.2) is 0 Å². The van der Waals surface area contributed by atoms with Crippen LogP contribution in [0.15, 0.2) is 205 Å². The van der Waals surface area contributed by atoms with E-state index in [-0.39, 0.29) is 22.7 Å². The second-order valence-corrected chi connectivity index (χ2v) is 29.6. The van der Waals surface area contributed by atoms with Crippen LogP contribution in [0.4, 0.5) is 0 Å². The molecule has 4 aromatic heterocycles. The number of rotatable bonds is 10. The molecule has 0 saturated carbocycles. The number of hydrogen-bond donors (Lipinski definition) is 0. The van der Waals surface area contributed by atoms with Crippen LogP contribution >= 0.6 is 45.3 Å². The zero-order valence-corrected chi connectivity index (χ0v) is 54.2. The fourth-order valence-electron chi connectivity index (χ4n) is 15.6. The van der Waals surface area contributed by atoms with Crippen LogP contribution in [0, 0.1) is 78.4 Å². The van der Waals surface area contributed by atoms with Gasteiger partial charge in [0.05, 0.1) is 25.6 Å². The van der Waals surface area contributed by atoms with Crippen molar-refractivity contribution in [3.8, 4) is 45.2 Å². The van der Waals surface area contributed by atoms with Crippen LogP contribution in [0.2, 0.25) is 0 Å². The first kappa shape index (κ1) is 57.0. The zero-order chi connectivity index (χ0) is 63.1. The van der Waals surface area contributed by atoms with Gasteiger partial charge in [0.2, 0.25) is 0 Å². The summed E-state index contributed by atoms with van der Waals surface area (Å²) in [5.41, 5.74) is 18.3.